The van der Waals surface area contributed by atoms with Crippen LogP contribution in [0.3, 0.4) is 0 Å². The molecule has 182 valence electrons. The van der Waals surface area contributed by atoms with E-state index in [0.29, 0.717) is 18.8 Å². The van der Waals surface area contributed by atoms with Gasteiger partial charge in [0.1, 0.15) is 5.41 Å². The monoisotopic (exact) mass is 475 g/mol. The molecule has 35 heavy (non-hydrogen) atoms. The highest BCUT2D eigenvalue weighted by molar-refractivity contribution is 5.92. The largest absolute Gasteiger partial charge is 0.481 e. The lowest BCUT2D eigenvalue weighted by Crippen LogP contribution is -2.40. The van der Waals surface area contributed by atoms with Gasteiger partial charge in [0.2, 0.25) is 5.82 Å². The lowest BCUT2D eigenvalue weighted by Gasteiger charge is -2.26. The van der Waals surface area contributed by atoms with Gasteiger partial charge in [-0.1, -0.05) is 37.3 Å². The van der Waals surface area contributed by atoms with Crippen molar-refractivity contribution in [1.29, 1.82) is 0 Å². The summed E-state index contributed by atoms with van der Waals surface area (Å²) in [7, 11) is 0. The lowest BCUT2D eigenvalue weighted by molar-refractivity contribution is -0.149. The highest BCUT2D eigenvalue weighted by Gasteiger charge is 2.57. The molecule has 0 aliphatic carbocycles. The Balaban J connectivity index is 1.25. The number of carboxylic acids is 1. The average molecular weight is 476 g/mol. The molecule has 9 heteroatoms. The van der Waals surface area contributed by atoms with Gasteiger partial charge in [0.25, 0.3) is 5.91 Å². The van der Waals surface area contributed by atoms with Gasteiger partial charge < -0.3 is 19.6 Å². The number of hydrogen-bond acceptors (Lipinski definition) is 6. The van der Waals surface area contributed by atoms with Gasteiger partial charge in [-0.05, 0) is 30.5 Å². The number of aryl methyl sites for hydroxylation is 1. The predicted octanol–water partition coefficient (Wildman–Crippen LogP) is 2.38. The van der Waals surface area contributed by atoms with Gasteiger partial charge in [-0.2, -0.15) is 0 Å². The van der Waals surface area contributed by atoms with E-state index in [9.17, 15) is 14.7 Å². The van der Waals surface area contributed by atoms with Crippen LogP contribution in [0.4, 0.5) is 5.69 Å². The Morgan fingerprint density at radius 2 is 2.00 bits per heavy atom. The van der Waals surface area contributed by atoms with E-state index in [4.69, 9.17) is 4.74 Å². The summed E-state index contributed by atoms with van der Waals surface area (Å²) in [4.78, 5) is 33.6. The first kappa shape index (κ1) is 22.0. The fourth-order valence-electron chi connectivity index (χ4n) is 5.99. The molecular formula is C26H29N5O4. The minimum Gasteiger partial charge on any atom is -0.481 e. The second-order valence-corrected chi connectivity index (χ2v) is 10.5. The molecule has 0 bridgehead atoms. The van der Waals surface area contributed by atoms with E-state index in [1.807, 2.05) is 19.2 Å². The minimum atomic E-state index is -1.03. The summed E-state index contributed by atoms with van der Waals surface area (Å²) in [6.07, 6.45) is 2.99. The molecule has 5 heterocycles. The summed E-state index contributed by atoms with van der Waals surface area (Å²) in [6.45, 7) is 7.08. The van der Waals surface area contributed by atoms with E-state index < -0.39 is 11.4 Å². The Morgan fingerprint density at radius 3 is 2.74 bits per heavy atom. The van der Waals surface area contributed by atoms with Crippen molar-refractivity contribution in [1.82, 2.24) is 19.5 Å². The third-order valence-corrected chi connectivity index (χ3v) is 8.19. The molecule has 3 atom stereocenters. The zero-order chi connectivity index (χ0) is 24.4. The Hall–Kier alpha value is -3.46. The van der Waals surface area contributed by atoms with Gasteiger partial charge in [-0.15, -0.1) is 5.10 Å². The quantitative estimate of drug-likeness (QED) is 0.618. The number of amides is 1. The molecule has 1 N–H and O–H groups in total. The van der Waals surface area contributed by atoms with Crippen LogP contribution < -0.4 is 4.90 Å². The molecule has 3 aromatic rings. The number of rotatable bonds is 4. The fraction of sp³-hybridized carbons (Fsp3) is 0.462. The van der Waals surface area contributed by atoms with E-state index in [1.54, 1.807) is 9.42 Å². The highest BCUT2D eigenvalue weighted by atomic mass is 16.5. The Morgan fingerprint density at radius 1 is 1.20 bits per heavy atom. The summed E-state index contributed by atoms with van der Waals surface area (Å²) < 4.78 is 7.10. The first-order valence-corrected chi connectivity index (χ1v) is 12.1. The molecule has 3 saturated heterocycles. The van der Waals surface area contributed by atoms with Crippen molar-refractivity contribution in [2.24, 2.45) is 11.3 Å². The number of nitrogens with zero attached hydrogens (tertiary/aromatic N) is 5. The average Bonchev–Trinajstić information content (AvgIpc) is 3.61. The maximum absolute atomic E-state index is 13.3. The van der Waals surface area contributed by atoms with Crippen LogP contribution in [-0.4, -0.2) is 75.9 Å². The van der Waals surface area contributed by atoms with Crippen LogP contribution in [0.2, 0.25) is 0 Å². The van der Waals surface area contributed by atoms with Crippen LogP contribution in [0.15, 0.2) is 42.6 Å². The molecule has 2 aromatic heterocycles. The summed E-state index contributed by atoms with van der Waals surface area (Å²) in [5, 5.41) is 14.3. The fourth-order valence-corrected chi connectivity index (χ4v) is 5.99. The van der Waals surface area contributed by atoms with Gasteiger partial charge in [0.15, 0.2) is 5.65 Å². The molecule has 0 spiro atoms. The van der Waals surface area contributed by atoms with Gasteiger partial charge in [-0.25, -0.2) is 9.50 Å². The normalized spacial score (nSPS) is 28.1. The van der Waals surface area contributed by atoms with Gasteiger partial charge in [0, 0.05) is 37.5 Å². The Bertz CT molecular complexity index is 1320. The third-order valence-electron chi connectivity index (χ3n) is 8.19. The molecule has 2 unspecified atom stereocenters. The number of aliphatic carboxylic acids is 1. The summed E-state index contributed by atoms with van der Waals surface area (Å²) in [5.74, 6) is -1.35. The van der Waals surface area contributed by atoms with Crippen molar-refractivity contribution < 1.29 is 19.4 Å². The van der Waals surface area contributed by atoms with Crippen LogP contribution in [-0.2, 0) is 14.9 Å². The van der Waals surface area contributed by atoms with E-state index in [-0.39, 0.29) is 36.2 Å². The smallest absolute Gasteiger partial charge is 0.314 e. The third kappa shape index (κ3) is 3.40. The van der Waals surface area contributed by atoms with Gasteiger partial charge >= 0.3 is 5.97 Å². The van der Waals surface area contributed by atoms with E-state index in [0.717, 1.165) is 30.8 Å². The molecule has 0 saturated carbocycles. The molecule has 6 rings (SSSR count). The molecule has 1 amide bonds. The Labute approximate surface area is 203 Å². The van der Waals surface area contributed by atoms with Crippen LogP contribution in [0.1, 0.15) is 35.1 Å². The van der Waals surface area contributed by atoms with Crippen LogP contribution >= 0.6 is 0 Å². The maximum Gasteiger partial charge on any atom is 0.314 e. The van der Waals surface area contributed by atoms with Crippen LogP contribution in [0.25, 0.3) is 5.65 Å². The number of pyridine rings is 1. The van der Waals surface area contributed by atoms with Crippen molar-refractivity contribution in [3.8, 4) is 0 Å². The lowest BCUT2D eigenvalue weighted by atomic mass is 9.81. The van der Waals surface area contributed by atoms with Gasteiger partial charge in [0.05, 0.1) is 25.1 Å². The summed E-state index contributed by atoms with van der Waals surface area (Å²) in [5.41, 5.74) is 3.02. The first-order chi connectivity index (χ1) is 16.8. The number of ether oxygens (including phenoxy) is 1. The van der Waals surface area contributed by atoms with Crippen molar-refractivity contribution in [3.63, 3.8) is 0 Å². The summed E-state index contributed by atoms with van der Waals surface area (Å²) in [6, 6.07) is 12.7. The molecule has 0 radical (unpaired) electrons. The number of carboxylic acid groups (broad SMARTS) is 1. The SMILES string of the molecule is Cc1cc(N2CC[C@](C)(c3ccccc3)C2)cn2nc(C(=O)N3CC4COCC4(C(=O)O)C3)nc12. The first-order valence-electron chi connectivity index (χ1n) is 12.1. The zero-order valence-electron chi connectivity index (χ0n) is 20.0. The van der Waals surface area contributed by atoms with Crippen LogP contribution in [0, 0.1) is 18.3 Å². The van der Waals surface area contributed by atoms with Gasteiger partial charge in [-0.3, -0.25) is 9.59 Å². The number of anilines is 1. The van der Waals surface area contributed by atoms with E-state index in [1.165, 1.54) is 5.56 Å². The van der Waals surface area contributed by atoms with Crippen molar-refractivity contribution in [2.75, 3.05) is 44.3 Å². The predicted molar refractivity (Wildman–Crippen MR) is 129 cm³/mol. The molecular weight excluding hydrogens is 446 g/mol. The second kappa shape index (κ2) is 7.78. The van der Waals surface area contributed by atoms with Crippen molar-refractivity contribution in [2.45, 2.75) is 25.7 Å². The highest BCUT2D eigenvalue weighted by Crippen LogP contribution is 2.42. The molecule has 3 aliphatic rings. The number of likely N-dealkylation sites (tertiary alicyclic amines) is 1. The minimum absolute atomic E-state index is 0.0746. The Kier molecular flexibility index (Phi) is 4.90. The molecule has 3 fully saturated rings. The zero-order valence-corrected chi connectivity index (χ0v) is 20.0. The van der Waals surface area contributed by atoms with E-state index >= 15 is 0 Å². The topological polar surface area (TPSA) is 100 Å². The number of carbonyl (C=O) groups is 2. The molecule has 1 aromatic carbocycles. The number of hydrogen-bond donors (Lipinski definition) is 1. The van der Waals surface area contributed by atoms with Crippen molar-refractivity contribution >= 4 is 23.2 Å². The maximum atomic E-state index is 13.3. The number of benzene rings is 1. The van der Waals surface area contributed by atoms with Crippen molar-refractivity contribution in [3.05, 3.63) is 59.5 Å². The van der Waals surface area contributed by atoms with E-state index in [2.05, 4.69) is 52.2 Å². The molecule has 3 aliphatic heterocycles. The molecule has 9 nitrogen and oxygen atoms in total. The number of aromatic nitrogens is 3. The number of carbonyl (C=O) groups excluding carboxylic acids is 1. The standard InChI is InChI=1S/C26H29N5O4/c1-17-10-20(29-9-8-25(2,14-29)18-6-4-3-5-7-18)12-31-22(17)27-21(28-31)23(32)30-11-19-13-35-16-26(19,15-30)24(33)34/h3-7,10,12,19H,8-9,11,13-16H2,1-2H3,(H,33,34)/t19?,25-,26?/m0/s1. The second-order valence-electron chi connectivity index (χ2n) is 10.5. The summed E-state index contributed by atoms with van der Waals surface area (Å²) >= 11 is 0. The van der Waals surface area contributed by atoms with Crippen LogP contribution in [0.5, 0.6) is 0 Å². The number of fused-ring (bicyclic) bond motifs is 2.